The molecule has 1 heterocycles. The normalized spacial score (nSPS) is 27.8. The highest BCUT2D eigenvalue weighted by Crippen LogP contribution is 2.23. The molecule has 1 aliphatic rings. The number of amides is 1. The highest BCUT2D eigenvalue weighted by Gasteiger charge is 2.34. The molecule has 1 aliphatic heterocycles. The Balaban J connectivity index is 2.59. The van der Waals surface area contributed by atoms with E-state index in [1.54, 1.807) is 0 Å². The third kappa shape index (κ3) is 2.12. The van der Waals surface area contributed by atoms with E-state index in [1.807, 2.05) is 11.9 Å². The van der Waals surface area contributed by atoms with E-state index in [4.69, 9.17) is 4.74 Å². The molecule has 0 aliphatic carbocycles. The Morgan fingerprint density at radius 1 is 1.62 bits per heavy atom. The third-order valence-electron chi connectivity index (χ3n) is 2.61. The van der Waals surface area contributed by atoms with Crippen molar-refractivity contribution in [2.75, 3.05) is 20.7 Å². The highest BCUT2D eigenvalue weighted by molar-refractivity contribution is 5.68. The predicted octanol–water partition coefficient (Wildman–Crippen LogP) is 0.825. The van der Waals surface area contributed by atoms with Gasteiger partial charge in [-0.1, -0.05) is 0 Å². The lowest BCUT2D eigenvalue weighted by Crippen LogP contribution is -2.44. The van der Waals surface area contributed by atoms with Crippen LogP contribution in [-0.4, -0.2) is 43.8 Å². The fourth-order valence-electron chi connectivity index (χ4n) is 1.94. The molecule has 4 heteroatoms. The zero-order valence-corrected chi connectivity index (χ0v) is 8.54. The number of nitrogens with zero attached hydrogens (tertiary/aromatic N) is 1. The van der Waals surface area contributed by atoms with E-state index >= 15 is 0 Å². The van der Waals surface area contributed by atoms with Crippen LogP contribution in [0.25, 0.3) is 0 Å². The van der Waals surface area contributed by atoms with Crippen LogP contribution in [0.3, 0.4) is 0 Å². The Labute approximate surface area is 79.2 Å². The first-order valence-corrected chi connectivity index (χ1v) is 4.71. The maximum absolute atomic E-state index is 11.4. The molecule has 0 saturated carbocycles. The van der Waals surface area contributed by atoms with Gasteiger partial charge in [0.15, 0.2) is 0 Å². The minimum Gasteiger partial charge on any atom is -0.453 e. The molecule has 2 atom stereocenters. The van der Waals surface area contributed by atoms with E-state index in [0.717, 1.165) is 19.4 Å². The smallest absolute Gasteiger partial charge is 0.410 e. The fraction of sp³-hybridized carbons (Fsp3) is 0.889. The second-order valence-corrected chi connectivity index (χ2v) is 3.52. The van der Waals surface area contributed by atoms with E-state index in [0.29, 0.717) is 12.1 Å². The number of likely N-dealkylation sites (N-methyl/N-ethyl adjacent to an activating group) is 1. The SMILES string of the molecule is CNCC1CCC(C)N1C(=O)OC. The van der Waals surface area contributed by atoms with Crippen molar-refractivity contribution in [2.24, 2.45) is 0 Å². The Morgan fingerprint density at radius 3 is 2.85 bits per heavy atom. The molecule has 1 amide bonds. The Bertz CT molecular complexity index is 182. The van der Waals surface area contributed by atoms with Crippen LogP contribution in [-0.2, 0) is 4.74 Å². The van der Waals surface area contributed by atoms with Gasteiger partial charge in [0.2, 0.25) is 0 Å². The summed E-state index contributed by atoms with van der Waals surface area (Å²) < 4.78 is 4.74. The number of carbonyl (C=O) groups is 1. The molecule has 1 saturated heterocycles. The van der Waals surface area contributed by atoms with E-state index in [9.17, 15) is 4.79 Å². The van der Waals surface area contributed by atoms with Crippen molar-refractivity contribution in [1.29, 1.82) is 0 Å². The van der Waals surface area contributed by atoms with Gasteiger partial charge in [0.1, 0.15) is 0 Å². The summed E-state index contributed by atoms with van der Waals surface area (Å²) in [5.41, 5.74) is 0. The van der Waals surface area contributed by atoms with Crippen LogP contribution in [0, 0.1) is 0 Å². The van der Waals surface area contributed by atoms with Gasteiger partial charge in [-0.05, 0) is 26.8 Å². The molecule has 4 nitrogen and oxygen atoms in total. The number of hydrogen-bond donors (Lipinski definition) is 1. The summed E-state index contributed by atoms with van der Waals surface area (Å²) in [4.78, 5) is 13.2. The molecule has 1 fully saturated rings. The molecule has 0 radical (unpaired) electrons. The van der Waals surface area contributed by atoms with Gasteiger partial charge in [-0.3, -0.25) is 0 Å². The molecule has 0 aromatic carbocycles. The Hall–Kier alpha value is -0.770. The average Bonchev–Trinajstić information content (AvgIpc) is 2.47. The van der Waals surface area contributed by atoms with Crippen molar-refractivity contribution < 1.29 is 9.53 Å². The molecule has 1 rings (SSSR count). The monoisotopic (exact) mass is 186 g/mol. The first-order chi connectivity index (χ1) is 6.20. The number of hydrogen-bond acceptors (Lipinski definition) is 3. The van der Waals surface area contributed by atoms with Crippen molar-refractivity contribution in [1.82, 2.24) is 10.2 Å². The zero-order valence-electron chi connectivity index (χ0n) is 8.54. The third-order valence-corrected chi connectivity index (χ3v) is 2.61. The molecule has 0 aromatic heterocycles. The number of ether oxygens (including phenoxy) is 1. The van der Waals surface area contributed by atoms with Gasteiger partial charge in [-0.15, -0.1) is 0 Å². The van der Waals surface area contributed by atoms with E-state index < -0.39 is 0 Å². The van der Waals surface area contributed by atoms with E-state index in [2.05, 4.69) is 12.2 Å². The first-order valence-electron chi connectivity index (χ1n) is 4.71. The minimum absolute atomic E-state index is 0.203. The molecule has 76 valence electrons. The van der Waals surface area contributed by atoms with Gasteiger partial charge in [0.25, 0.3) is 0 Å². The number of nitrogens with one attached hydrogen (secondary N) is 1. The lowest BCUT2D eigenvalue weighted by Gasteiger charge is -2.26. The second kappa shape index (κ2) is 4.46. The summed E-state index contributed by atoms with van der Waals surface area (Å²) >= 11 is 0. The maximum atomic E-state index is 11.4. The number of carbonyl (C=O) groups excluding carboxylic acids is 1. The largest absolute Gasteiger partial charge is 0.453 e. The van der Waals surface area contributed by atoms with Crippen LogP contribution in [0.4, 0.5) is 4.79 Å². The lowest BCUT2D eigenvalue weighted by molar-refractivity contribution is 0.105. The van der Waals surface area contributed by atoms with Gasteiger partial charge in [-0.25, -0.2) is 4.79 Å². The van der Waals surface area contributed by atoms with Gasteiger partial charge in [0.05, 0.1) is 7.11 Å². The average molecular weight is 186 g/mol. The summed E-state index contributed by atoms with van der Waals surface area (Å²) in [5.74, 6) is 0. The van der Waals surface area contributed by atoms with Crippen LogP contribution in [0.5, 0.6) is 0 Å². The standard InChI is InChI=1S/C9H18N2O2/c1-7-4-5-8(6-10-2)11(7)9(12)13-3/h7-8,10H,4-6H2,1-3H3. The summed E-state index contributed by atoms with van der Waals surface area (Å²) in [6.45, 7) is 2.91. The minimum atomic E-state index is -0.203. The first kappa shape index (κ1) is 10.3. The van der Waals surface area contributed by atoms with Crippen LogP contribution in [0.15, 0.2) is 0 Å². The van der Waals surface area contributed by atoms with Crippen LogP contribution in [0.2, 0.25) is 0 Å². The Morgan fingerprint density at radius 2 is 2.31 bits per heavy atom. The van der Waals surface area contributed by atoms with Crippen molar-refractivity contribution >= 4 is 6.09 Å². The fourth-order valence-corrected chi connectivity index (χ4v) is 1.94. The molecule has 1 N–H and O–H groups in total. The summed E-state index contributed by atoms with van der Waals surface area (Å²) in [5, 5.41) is 3.09. The van der Waals surface area contributed by atoms with Gasteiger partial charge in [0, 0.05) is 18.6 Å². The summed E-state index contributed by atoms with van der Waals surface area (Å²) in [7, 11) is 3.34. The molecule has 0 spiro atoms. The Kier molecular flexibility index (Phi) is 3.54. The number of rotatable bonds is 2. The van der Waals surface area contributed by atoms with Gasteiger partial charge in [-0.2, -0.15) is 0 Å². The van der Waals surface area contributed by atoms with Gasteiger partial charge >= 0.3 is 6.09 Å². The summed E-state index contributed by atoms with van der Waals surface area (Å²) in [6.07, 6.45) is 1.93. The van der Waals surface area contributed by atoms with Gasteiger partial charge < -0.3 is 15.0 Å². The molecule has 0 bridgehead atoms. The lowest BCUT2D eigenvalue weighted by atomic mass is 10.2. The van der Waals surface area contributed by atoms with Crippen LogP contribution >= 0.6 is 0 Å². The van der Waals surface area contributed by atoms with Crippen molar-refractivity contribution in [3.63, 3.8) is 0 Å². The second-order valence-electron chi connectivity index (χ2n) is 3.52. The highest BCUT2D eigenvalue weighted by atomic mass is 16.5. The molecule has 0 aromatic rings. The van der Waals surface area contributed by atoms with E-state index in [1.165, 1.54) is 7.11 Å². The zero-order chi connectivity index (χ0) is 9.84. The molecular formula is C9H18N2O2. The van der Waals surface area contributed by atoms with Crippen LogP contribution in [0.1, 0.15) is 19.8 Å². The maximum Gasteiger partial charge on any atom is 0.410 e. The van der Waals surface area contributed by atoms with Crippen molar-refractivity contribution in [3.05, 3.63) is 0 Å². The summed E-state index contributed by atoms with van der Waals surface area (Å²) in [6, 6.07) is 0.609. The van der Waals surface area contributed by atoms with Crippen molar-refractivity contribution in [2.45, 2.75) is 31.8 Å². The number of methoxy groups -OCH3 is 1. The molecular weight excluding hydrogens is 168 g/mol. The molecule has 13 heavy (non-hydrogen) atoms. The van der Waals surface area contributed by atoms with E-state index in [-0.39, 0.29) is 6.09 Å². The predicted molar refractivity (Wildman–Crippen MR) is 50.7 cm³/mol. The van der Waals surface area contributed by atoms with Crippen molar-refractivity contribution in [3.8, 4) is 0 Å². The molecule has 2 unspecified atom stereocenters. The topological polar surface area (TPSA) is 41.6 Å². The van der Waals surface area contributed by atoms with Crippen LogP contribution < -0.4 is 5.32 Å². The quantitative estimate of drug-likeness (QED) is 0.694. The number of likely N-dealkylation sites (tertiary alicyclic amines) is 1.